The Labute approximate surface area is 157 Å². The van der Waals surface area contributed by atoms with Crippen molar-refractivity contribution in [3.63, 3.8) is 0 Å². The van der Waals surface area contributed by atoms with Crippen molar-refractivity contribution in [3.8, 4) is 5.75 Å². The van der Waals surface area contributed by atoms with Gasteiger partial charge in [0.05, 0.1) is 18.1 Å². The highest BCUT2D eigenvalue weighted by molar-refractivity contribution is 5.80. The van der Waals surface area contributed by atoms with Crippen LogP contribution in [0.25, 0.3) is 23.2 Å². The minimum absolute atomic E-state index is 0.231. The third-order valence-corrected chi connectivity index (χ3v) is 4.49. The summed E-state index contributed by atoms with van der Waals surface area (Å²) in [7, 11) is 1.66. The summed E-state index contributed by atoms with van der Waals surface area (Å²) in [4.78, 5) is 4.76. The summed E-state index contributed by atoms with van der Waals surface area (Å²) in [6.45, 7) is 0.617. The topological polar surface area (TPSA) is 27.1 Å². The van der Waals surface area contributed by atoms with Gasteiger partial charge < -0.3 is 9.30 Å². The summed E-state index contributed by atoms with van der Waals surface area (Å²) in [5.41, 5.74) is 3.98. The van der Waals surface area contributed by atoms with Crippen molar-refractivity contribution in [2.24, 2.45) is 0 Å². The molecule has 0 saturated carbocycles. The van der Waals surface area contributed by atoms with E-state index in [9.17, 15) is 4.39 Å². The van der Waals surface area contributed by atoms with Gasteiger partial charge in [-0.25, -0.2) is 9.37 Å². The number of hydrogen-bond acceptors (Lipinski definition) is 2. The third kappa shape index (κ3) is 3.60. The molecule has 1 heterocycles. The predicted molar refractivity (Wildman–Crippen MR) is 107 cm³/mol. The summed E-state index contributed by atoms with van der Waals surface area (Å²) in [6, 6.07) is 22.5. The fourth-order valence-corrected chi connectivity index (χ4v) is 3.13. The Hall–Kier alpha value is -3.40. The van der Waals surface area contributed by atoms with Crippen LogP contribution in [-0.4, -0.2) is 16.7 Å². The van der Waals surface area contributed by atoms with Crippen LogP contribution in [0.3, 0.4) is 0 Å². The van der Waals surface area contributed by atoms with Gasteiger partial charge in [-0.15, -0.1) is 0 Å². The normalized spacial score (nSPS) is 11.3. The van der Waals surface area contributed by atoms with Crippen LogP contribution < -0.4 is 4.74 Å². The zero-order valence-electron chi connectivity index (χ0n) is 15.0. The highest BCUT2D eigenvalue weighted by Crippen LogP contribution is 2.23. The van der Waals surface area contributed by atoms with Crippen molar-refractivity contribution in [2.45, 2.75) is 6.54 Å². The lowest BCUT2D eigenvalue weighted by molar-refractivity contribution is 0.414. The molecule has 0 amide bonds. The number of nitrogens with zero attached hydrogens (tertiary/aromatic N) is 2. The van der Waals surface area contributed by atoms with Gasteiger partial charge in [-0.3, -0.25) is 0 Å². The Balaban J connectivity index is 1.75. The molecular formula is C23H19FN2O. The molecule has 4 heteroatoms. The van der Waals surface area contributed by atoms with Crippen LogP contribution in [-0.2, 0) is 6.54 Å². The van der Waals surface area contributed by atoms with Crippen molar-refractivity contribution in [1.29, 1.82) is 0 Å². The van der Waals surface area contributed by atoms with Crippen LogP contribution in [0, 0.1) is 5.82 Å². The van der Waals surface area contributed by atoms with Crippen LogP contribution in [0.15, 0.2) is 72.8 Å². The quantitative estimate of drug-likeness (QED) is 0.477. The van der Waals surface area contributed by atoms with Crippen LogP contribution in [0.4, 0.5) is 4.39 Å². The zero-order chi connectivity index (χ0) is 18.6. The minimum Gasteiger partial charge on any atom is -0.496 e. The van der Waals surface area contributed by atoms with Crippen molar-refractivity contribution in [1.82, 2.24) is 9.55 Å². The molecule has 3 nitrogen and oxygen atoms in total. The summed E-state index contributed by atoms with van der Waals surface area (Å²) < 4.78 is 20.8. The molecule has 0 spiro atoms. The lowest BCUT2D eigenvalue weighted by Crippen LogP contribution is -2.02. The number of ether oxygens (including phenoxy) is 1. The molecule has 0 radical (unpaired) electrons. The first-order valence-corrected chi connectivity index (χ1v) is 8.75. The van der Waals surface area contributed by atoms with Gasteiger partial charge in [0.15, 0.2) is 0 Å². The van der Waals surface area contributed by atoms with E-state index < -0.39 is 0 Å². The molecule has 0 aliphatic heterocycles. The Bertz CT molecular complexity index is 1100. The number of rotatable bonds is 5. The summed E-state index contributed by atoms with van der Waals surface area (Å²) >= 11 is 0. The van der Waals surface area contributed by atoms with E-state index in [4.69, 9.17) is 9.72 Å². The van der Waals surface area contributed by atoms with Crippen molar-refractivity contribution < 1.29 is 9.13 Å². The van der Waals surface area contributed by atoms with E-state index in [1.807, 2.05) is 60.7 Å². The van der Waals surface area contributed by atoms with Crippen LogP contribution in [0.1, 0.15) is 17.0 Å². The maximum atomic E-state index is 13.2. The monoisotopic (exact) mass is 358 g/mol. The number of methoxy groups -OCH3 is 1. The number of halogens is 1. The van der Waals surface area contributed by atoms with Crippen molar-refractivity contribution >= 4 is 23.2 Å². The number of imidazole rings is 1. The molecule has 0 aliphatic carbocycles. The Morgan fingerprint density at radius 3 is 2.48 bits per heavy atom. The largest absolute Gasteiger partial charge is 0.496 e. The molecule has 1 aromatic heterocycles. The van der Waals surface area contributed by atoms with E-state index in [0.717, 1.165) is 33.7 Å². The lowest BCUT2D eigenvalue weighted by Gasteiger charge is -2.08. The highest BCUT2D eigenvalue weighted by Gasteiger charge is 2.09. The minimum atomic E-state index is -0.231. The molecule has 0 unspecified atom stereocenters. The molecular weight excluding hydrogens is 339 g/mol. The summed E-state index contributed by atoms with van der Waals surface area (Å²) in [6.07, 6.45) is 3.99. The predicted octanol–water partition coefficient (Wildman–Crippen LogP) is 5.40. The first-order chi connectivity index (χ1) is 13.2. The van der Waals surface area contributed by atoms with E-state index in [0.29, 0.717) is 6.54 Å². The van der Waals surface area contributed by atoms with Gasteiger partial charge in [0.1, 0.15) is 17.4 Å². The number of aromatic nitrogens is 2. The van der Waals surface area contributed by atoms with Crippen LogP contribution >= 0.6 is 0 Å². The second kappa shape index (κ2) is 7.46. The van der Waals surface area contributed by atoms with Crippen molar-refractivity contribution in [2.75, 3.05) is 7.11 Å². The Morgan fingerprint density at radius 1 is 0.926 bits per heavy atom. The fraction of sp³-hybridized carbons (Fsp3) is 0.0870. The molecule has 27 heavy (non-hydrogen) atoms. The van der Waals surface area contributed by atoms with Gasteiger partial charge in [-0.1, -0.05) is 42.5 Å². The van der Waals surface area contributed by atoms with E-state index in [1.165, 1.54) is 12.1 Å². The zero-order valence-corrected chi connectivity index (χ0v) is 15.0. The summed E-state index contributed by atoms with van der Waals surface area (Å²) in [5.74, 6) is 1.42. The van der Waals surface area contributed by atoms with Gasteiger partial charge in [-0.05, 0) is 48.0 Å². The van der Waals surface area contributed by atoms with E-state index >= 15 is 0 Å². The van der Waals surface area contributed by atoms with Crippen LogP contribution in [0.5, 0.6) is 5.75 Å². The molecule has 4 aromatic rings. The SMILES string of the molecule is COc1ccccc1/C=C/c1nc2ccccc2n1Cc1ccc(F)cc1. The first kappa shape index (κ1) is 17.0. The standard InChI is InChI=1S/C23H19FN2O/c1-27-22-9-5-2-6-18(22)12-15-23-25-20-7-3-4-8-21(20)26(23)16-17-10-13-19(24)14-11-17/h2-15H,16H2,1H3/b15-12+. The first-order valence-electron chi connectivity index (χ1n) is 8.75. The van der Waals surface area contributed by atoms with E-state index in [-0.39, 0.29) is 5.82 Å². The number of fused-ring (bicyclic) bond motifs is 1. The van der Waals surface area contributed by atoms with Gasteiger partial charge in [-0.2, -0.15) is 0 Å². The lowest BCUT2D eigenvalue weighted by atomic mass is 10.2. The second-order valence-electron chi connectivity index (χ2n) is 6.25. The molecule has 3 aromatic carbocycles. The van der Waals surface area contributed by atoms with Gasteiger partial charge in [0, 0.05) is 12.1 Å². The number of hydrogen-bond donors (Lipinski definition) is 0. The van der Waals surface area contributed by atoms with Gasteiger partial charge >= 0.3 is 0 Å². The maximum Gasteiger partial charge on any atom is 0.134 e. The molecule has 0 atom stereocenters. The third-order valence-electron chi connectivity index (χ3n) is 4.49. The molecule has 4 rings (SSSR count). The molecule has 0 bridgehead atoms. The fourth-order valence-electron chi connectivity index (χ4n) is 3.13. The number of para-hydroxylation sites is 3. The van der Waals surface area contributed by atoms with Crippen molar-refractivity contribution in [3.05, 3.63) is 95.6 Å². The van der Waals surface area contributed by atoms with Gasteiger partial charge in [0.2, 0.25) is 0 Å². The highest BCUT2D eigenvalue weighted by atomic mass is 19.1. The van der Waals surface area contributed by atoms with E-state index in [2.05, 4.69) is 4.57 Å². The Morgan fingerprint density at radius 2 is 1.67 bits per heavy atom. The summed E-state index contributed by atoms with van der Waals surface area (Å²) in [5, 5.41) is 0. The molecule has 0 fully saturated rings. The maximum absolute atomic E-state index is 13.2. The molecule has 0 aliphatic rings. The van der Waals surface area contributed by atoms with E-state index in [1.54, 1.807) is 19.2 Å². The molecule has 0 saturated heterocycles. The second-order valence-corrected chi connectivity index (χ2v) is 6.25. The Kier molecular flexibility index (Phi) is 4.71. The molecule has 0 N–H and O–H groups in total. The number of benzene rings is 3. The average Bonchev–Trinajstić information content (AvgIpc) is 3.06. The average molecular weight is 358 g/mol. The molecule has 134 valence electrons. The van der Waals surface area contributed by atoms with Crippen LogP contribution in [0.2, 0.25) is 0 Å². The smallest absolute Gasteiger partial charge is 0.134 e. The van der Waals surface area contributed by atoms with Gasteiger partial charge in [0.25, 0.3) is 0 Å².